The molecular formula is C19H24N2O3S2. The summed E-state index contributed by atoms with van der Waals surface area (Å²) in [6.07, 6.45) is 6.17. The average Bonchev–Trinajstić information content (AvgIpc) is 3.22. The molecular weight excluding hydrogens is 368 g/mol. The molecule has 1 aromatic carbocycles. The topological polar surface area (TPSA) is 66.5 Å². The molecule has 1 aliphatic rings. The highest BCUT2D eigenvalue weighted by Gasteiger charge is 2.22. The van der Waals surface area contributed by atoms with E-state index in [1.165, 1.54) is 54.8 Å². The third kappa shape index (κ3) is 4.27. The van der Waals surface area contributed by atoms with Gasteiger partial charge in [0.15, 0.2) is 0 Å². The zero-order chi connectivity index (χ0) is 18.6. The smallest absolute Gasteiger partial charge is 0.273 e. The largest absolute Gasteiger partial charge is 0.352 e. The fraction of sp³-hybridized carbons (Fsp3) is 0.421. The molecule has 3 rings (SSSR count). The Balaban J connectivity index is 1.63. The van der Waals surface area contributed by atoms with Crippen molar-refractivity contribution in [2.24, 2.45) is 5.92 Å². The number of carbonyl (C=O) groups is 1. The summed E-state index contributed by atoms with van der Waals surface area (Å²) in [5.41, 5.74) is 1.08. The first-order valence-electron chi connectivity index (χ1n) is 8.89. The first-order valence-corrected chi connectivity index (χ1v) is 11.2. The van der Waals surface area contributed by atoms with E-state index in [4.69, 9.17) is 0 Å². The molecule has 140 valence electrons. The van der Waals surface area contributed by atoms with Gasteiger partial charge in [0.05, 0.1) is 5.69 Å². The van der Waals surface area contributed by atoms with Crippen LogP contribution >= 0.6 is 11.3 Å². The maximum Gasteiger partial charge on any atom is 0.273 e. The van der Waals surface area contributed by atoms with Crippen molar-refractivity contribution >= 4 is 33.0 Å². The number of nitrogens with zero attached hydrogens (tertiary/aromatic N) is 1. The highest BCUT2D eigenvalue weighted by atomic mass is 32.2. The standard InChI is InChI=1S/C19H24N2O3S2/c1-21(26(23,24)18-8-5-13-25-18)17-11-9-16(10-12-17)19(22)20-14-15-6-3-2-4-7-15/h5,8-13,15H,2-4,6-7,14H2,1H3,(H,20,22). The molecule has 0 aliphatic heterocycles. The van der Waals surface area contributed by atoms with Crippen LogP contribution in [0, 0.1) is 5.92 Å². The van der Waals surface area contributed by atoms with Crippen molar-refractivity contribution in [3.63, 3.8) is 0 Å². The molecule has 1 amide bonds. The number of anilines is 1. The van der Waals surface area contributed by atoms with E-state index in [0.717, 1.165) is 0 Å². The summed E-state index contributed by atoms with van der Waals surface area (Å²) >= 11 is 1.19. The Labute approximate surface area is 159 Å². The van der Waals surface area contributed by atoms with Gasteiger partial charge in [-0.3, -0.25) is 9.10 Å². The SMILES string of the molecule is CN(c1ccc(C(=O)NCC2CCCCC2)cc1)S(=O)(=O)c1cccs1. The average molecular weight is 393 g/mol. The van der Waals surface area contributed by atoms with E-state index in [-0.39, 0.29) is 5.91 Å². The molecule has 1 aliphatic carbocycles. The second-order valence-electron chi connectivity index (χ2n) is 6.67. The molecule has 1 aromatic heterocycles. The van der Waals surface area contributed by atoms with Crippen LogP contribution in [0.25, 0.3) is 0 Å². The Hall–Kier alpha value is -1.86. The van der Waals surface area contributed by atoms with Gasteiger partial charge >= 0.3 is 0 Å². The molecule has 1 N–H and O–H groups in total. The van der Waals surface area contributed by atoms with Gasteiger partial charge in [0.2, 0.25) is 0 Å². The summed E-state index contributed by atoms with van der Waals surface area (Å²) in [7, 11) is -2.03. The molecule has 0 saturated heterocycles. The molecule has 0 radical (unpaired) electrons. The van der Waals surface area contributed by atoms with Gasteiger partial charge in [-0.1, -0.05) is 25.3 Å². The zero-order valence-corrected chi connectivity index (χ0v) is 16.5. The molecule has 7 heteroatoms. The van der Waals surface area contributed by atoms with Gasteiger partial charge in [0.1, 0.15) is 4.21 Å². The molecule has 26 heavy (non-hydrogen) atoms. The van der Waals surface area contributed by atoms with E-state index in [0.29, 0.717) is 27.9 Å². The highest BCUT2D eigenvalue weighted by Crippen LogP contribution is 2.25. The minimum atomic E-state index is -3.56. The van der Waals surface area contributed by atoms with Crippen LogP contribution in [-0.2, 0) is 10.0 Å². The van der Waals surface area contributed by atoms with Crippen LogP contribution in [0.2, 0.25) is 0 Å². The van der Waals surface area contributed by atoms with Crippen molar-refractivity contribution in [1.82, 2.24) is 5.32 Å². The third-order valence-electron chi connectivity index (χ3n) is 4.88. The molecule has 0 spiro atoms. The highest BCUT2D eigenvalue weighted by molar-refractivity contribution is 7.94. The number of hydrogen-bond donors (Lipinski definition) is 1. The Morgan fingerprint density at radius 2 is 1.85 bits per heavy atom. The maximum atomic E-state index is 12.5. The van der Waals surface area contributed by atoms with Crippen molar-refractivity contribution < 1.29 is 13.2 Å². The second-order valence-corrected chi connectivity index (χ2v) is 9.81. The maximum absolute atomic E-state index is 12.5. The summed E-state index contributed by atoms with van der Waals surface area (Å²) in [5.74, 6) is 0.472. The van der Waals surface area contributed by atoms with Gasteiger partial charge in [-0.15, -0.1) is 11.3 Å². The fourth-order valence-corrected chi connectivity index (χ4v) is 5.59. The summed E-state index contributed by atoms with van der Waals surface area (Å²) < 4.78 is 26.6. The number of benzene rings is 1. The molecule has 0 bridgehead atoms. The summed E-state index contributed by atoms with van der Waals surface area (Å²) in [4.78, 5) is 12.3. The predicted molar refractivity (Wildman–Crippen MR) is 105 cm³/mol. The second kappa shape index (κ2) is 8.22. The third-order valence-corrected chi connectivity index (χ3v) is 8.04. The van der Waals surface area contributed by atoms with Gasteiger partial charge in [0.25, 0.3) is 15.9 Å². The van der Waals surface area contributed by atoms with Crippen molar-refractivity contribution in [2.75, 3.05) is 17.9 Å². The summed E-state index contributed by atoms with van der Waals surface area (Å²) in [6.45, 7) is 0.716. The molecule has 0 unspecified atom stereocenters. The van der Waals surface area contributed by atoms with Crippen molar-refractivity contribution in [1.29, 1.82) is 0 Å². The molecule has 1 heterocycles. The number of sulfonamides is 1. The monoisotopic (exact) mass is 392 g/mol. The van der Waals surface area contributed by atoms with E-state index in [1.54, 1.807) is 41.8 Å². The molecule has 5 nitrogen and oxygen atoms in total. The minimum Gasteiger partial charge on any atom is -0.352 e. The van der Waals surface area contributed by atoms with Crippen molar-refractivity contribution in [3.05, 3.63) is 47.3 Å². The van der Waals surface area contributed by atoms with Crippen LogP contribution in [0.1, 0.15) is 42.5 Å². The lowest BCUT2D eigenvalue weighted by molar-refractivity contribution is 0.0943. The van der Waals surface area contributed by atoms with E-state index < -0.39 is 10.0 Å². The van der Waals surface area contributed by atoms with Gasteiger partial charge in [-0.05, 0) is 54.5 Å². The quantitative estimate of drug-likeness (QED) is 0.811. The van der Waals surface area contributed by atoms with Crippen LogP contribution in [0.15, 0.2) is 46.0 Å². The van der Waals surface area contributed by atoms with E-state index >= 15 is 0 Å². The molecule has 2 aromatic rings. The first kappa shape index (κ1) is 18.9. The number of thiophene rings is 1. The molecule has 0 atom stereocenters. The van der Waals surface area contributed by atoms with Crippen LogP contribution in [0.5, 0.6) is 0 Å². The summed E-state index contributed by atoms with van der Waals surface area (Å²) in [5, 5.41) is 4.74. The van der Waals surface area contributed by atoms with Gasteiger partial charge < -0.3 is 5.32 Å². The van der Waals surface area contributed by atoms with Crippen molar-refractivity contribution in [3.8, 4) is 0 Å². The Kier molecular flexibility index (Phi) is 5.98. The van der Waals surface area contributed by atoms with E-state index in [2.05, 4.69) is 5.32 Å². The first-order chi connectivity index (χ1) is 12.5. The lowest BCUT2D eigenvalue weighted by atomic mass is 9.89. The normalized spacial score (nSPS) is 15.6. The van der Waals surface area contributed by atoms with E-state index in [1.807, 2.05) is 0 Å². The zero-order valence-electron chi connectivity index (χ0n) is 14.8. The van der Waals surface area contributed by atoms with Gasteiger partial charge in [-0.25, -0.2) is 8.42 Å². The Morgan fingerprint density at radius 1 is 1.15 bits per heavy atom. The number of carbonyl (C=O) groups excluding carboxylic acids is 1. The number of hydrogen-bond acceptors (Lipinski definition) is 4. The Morgan fingerprint density at radius 3 is 2.46 bits per heavy atom. The number of rotatable bonds is 6. The van der Waals surface area contributed by atoms with Crippen LogP contribution in [-0.4, -0.2) is 27.9 Å². The number of nitrogens with one attached hydrogen (secondary N) is 1. The molecule has 1 saturated carbocycles. The van der Waals surface area contributed by atoms with Crippen molar-refractivity contribution in [2.45, 2.75) is 36.3 Å². The predicted octanol–water partition coefficient (Wildman–Crippen LogP) is 3.88. The van der Waals surface area contributed by atoms with Crippen LogP contribution in [0.4, 0.5) is 5.69 Å². The Bertz CT molecular complexity index is 824. The van der Waals surface area contributed by atoms with E-state index in [9.17, 15) is 13.2 Å². The van der Waals surface area contributed by atoms with Crippen LogP contribution in [0.3, 0.4) is 0 Å². The molecule has 1 fully saturated rings. The van der Waals surface area contributed by atoms with Gasteiger partial charge in [0, 0.05) is 19.2 Å². The lowest BCUT2D eigenvalue weighted by Gasteiger charge is -2.22. The van der Waals surface area contributed by atoms with Gasteiger partial charge in [-0.2, -0.15) is 0 Å². The number of amides is 1. The lowest BCUT2D eigenvalue weighted by Crippen LogP contribution is -2.30. The minimum absolute atomic E-state index is 0.106. The summed E-state index contributed by atoms with van der Waals surface area (Å²) in [6, 6.07) is 9.98. The van der Waals surface area contributed by atoms with Crippen LogP contribution < -0.4 is 9.62 Å². The fourth-order valence-electron chi connectivity index (χ4n) is 3.24.